The van der Waals surface area contributed by atoms with Gasteiger partial charge in [-0.05, 0) is 19.4 Å². The molecule has 3 aliphatic rings. The maximum atomic E-state index is 15.3. The Morgan fingerprint density at radius 1 is 1.12 bits per heavy atom. The Bertz CT molecular complexity index is 2070. The highest BCUT2D eigenvalue weighted by molar-refractivity contribution is 6.33. The second-order valence-electron chi connectivity index (χ2n) is 12.2. The van der Waals surface area contributed by atoms with Crippen LogP contribution >= 0.6 is 11.6 Å². The first kappa shape index (κ1) is 31.9. The van der Waals surface area contributed by atoms with Crippen LogP contribution in [0.25, 0.3) is 22.2 Å². The van der Waals surface area contributed by atoms with Gasteiger partial charge in [0, 0.05) is 62.0 Å². The lowest BCUT2D eigenvalue weighted by atomic mass is 10.0. The number of aryl methyl sites for hydroxylation is 1. The molecule has 1 aromatic carbocycles. The molecule has 7 rings (SSSR count). The molecule has 2 saturated heterocycles. The topological polar surface area (TPSA) is 161 Å². The highest BCUT2D eigenvalue weighted by atomic mass is 35.5. The van der Waals surface area contributed by atoms with Crippen LogP contribution in [0.5, 0.6) is 5.75 Å². The summed E-state index contributed by atoms with van der Waals surface area (Å²) in [7, 11) is 0. The largest absolute Gasteiger partial charge is 0.504 e. The van der Waals surface area contributed by atoms with Gasteiger partial charge in [-0.1, -0.05) is 11.6 Å². The van der Waals surface area contributed by atoms with Gasteiger partial charge in [-0.15, -0.1) is 0 Å². The second kappa shape index (κ2) is 12.1. The van der Waals surface area contributed by atoms with Crippen molar-refractivity contribution in [2.45, 2.75) is 44.9 Å². The van der Waals surface area contributed by atoms with Gasteiger partial charge in [0.1, 0.15) is 28.9 Å². The molecule has 6 heterocycles. The van der Waals surface area contributed by atoms with Crippen molar-refractivity contribution < 1.29 is 32.6 Å². The smallest absolute Gasteiger partial charge is 0.263 e. The first-order valence-corrected chi connectivity index (χ1v) is 15.7. The molecular weight excluding hydrogens is 657 g/mol. The minimum Gasteiger partial charge on any atom is -0.504 e. The maximum absolute atomic E-state index is 15.3. The Morgan fingerprint density at radius 3 is 2.58 bits per heavy atom. The van der Waals surface area contributed by atoms with E-state index in [4.69, 9.17) is 22.1 Å². The van der Waals surface area contributed by atoms with Gasteiger partial charge in [0.25, 0.3) is 11.5 Å². The van der Waals surface area contributed by atoms with E-state index >= 15 is 8.78 Å². The molecule has 2 fully saturated rings. The number of fused-ring (bicyclic) bond motifs is 2. The number of benzene rings is 1. The molecule has 252 valence electrons. The van der Waals surface area contributed by atoms with Crippen LogP contribution in [0.1, 0.15) is 29.5 Å². The number of phenols is 1. The Kier molecular flexibility index (Phi) is 8.04. The number of pyridine rings is 1. The summed E-state index contributed by atoms with van der Waals surface area (Å²) >= 11 is 6.24. The number of carbonyl (C=O) groups excluding carboxylic acids is 2. The standard InChI is InChI=1S/C31H30ClF3N8O5/c1-14-9-40(15-12-48-13-15)5-6-42(14)21-8-19(24(32)28(35)38-21)37-22(44)11-41-10-18(16-7-17(29(36)46)27(45)26(34)25(16)33)23-30(41)39-20-3-2-4-43(20)31(23)47/h7-8,10,14-15,45H,2-6,9,11-13H2,1H3,(H2,36,46)(H,37,38,44)/t14-/m0/s1. The summed E-state index contributed by atoms with van der Waals surface area (Å²) in [5.41, 5.74) is 3.28. The number of nitrogens with zero attached hydrogens (tertiary/aromatic N) is 6. The van der Waals surface area contributed by atoms with E-state index in [1.807, 2.05) is 11.8 Å². The molecule has 0 aliphatic carbocycles. The van der Waals surface area contributed by atoms with E-state index in [2.05, 4.69) is 20.2 Å². The molecule has 0 unspecified atom stereocenters. The lowest BCUT2D eigenvalue weighted by Gasteiger charge is -2.46. The first-order valence-electron chi connectivity index (χ1n) is 15.3. The average Bonchev–Trinajstić information content (AvgIpc) is 3.63. The summed E-state index contributed by atoms with van der Waals surface area (Å²) < 4.78 is 53.0. The van der Waals surface area contributed by atoms with Gasteiger partial charge in [-0.2, -0.15) is 8.78 Å². The van der Waals surface area contributed by atoms with Gasteiger partial charge in [0.05, 0.1) is 35.9 Å². The highest BCUT2D eigenvalue weighted by Crippen LogP contribution is 2.37. The molecule has 2 amide bonds. The summed E-state index contributed by atoms with van der Waals surface area (Å²) in [6, 6.07) is 2.66. The molecule has 48 heavy (non-hydrogen) atoms. The van der Waals surface area contributed by atoms with Crippen LogP contribution < -0.4 is 21.5 Å². The van der Waals surface area contributed by atoms with Crippen molar-refractivity contribution in [1.29, 1.82) is 0 Å². The summed E-state index contributed by atoms with van der Waals surface area (Å²) in [5.74, 6) is -6.70. The molecule has 0 bridgehead atoms. The fraction of sp³-hybridized carbons (Fsp3) is 0.387. The second-order valence-corrected chi connectivity index (χ2v) is 12.6. The number of primary amides is 1. The third kappa shape index (κ3) is 5.33. The van der Waals surface area contributed by atoms with E-state index in [1.165, 1.54) is 21.4 Å². The lowest BCUT2D eigenvalue weighted by Crippen LogP contribution is -2.59. The predicted molar refractivity (Wildman–Crippen MR) is 169 cm³/mol. The number of halogens is 4. The van der Waals surface area contributed by atoms with Crippen LogP contribution in [0.2, 0.25) is 5.02 Å². The third-order valence-electron chi connectivity index (χ3n) is 9.16. The summed E-state index contributed by atoms with van der Waals surface area (Å²) in [6.45, 7) is 5.20. The van der Waals surface area contributed by atoms with Crippen LogP contribution in [0.15, 0.2) is 23.1 Å². The predicted octanol–water partition coefficient (Wildman–Crippen LogP) is 2.63. The van der Waals surface area contributed by atoms with E-state index < -0.39 is 63.4 Å². The zero-order chi connectivity index (χ0) is 34.0. The Morgan fingerprint density at radius 2 is 1.90 bits per heavy atom. The van der Waals surface area contributed by atoms with Crippen LogP contribution in [-0.2, 0) is 29.0 Å². The van der Waals surface area contributed by atoms with E-state index in [9.17, 15) is 23.9 Å². The molecule has 4 aromatic rings. The van der Waals surface area contributed by atoms with E-state index in [0.717, 1.165) is 12.6 Å². The number of amides is 2. The molecule has 13 nitrogen and oxygen atoms in total. The number of ether oxygens (including phenoxy) is 1. The van der Waals surface area contributed by atoms with Gasteiger partial charge in [-0.25, -0.2) is 14.4 Å². The number of aromatic nitrogens is 4. The van der Waals surface area contributed by atoms with E-state index in [0.29, 0.717) is 63.4 Å². The SMILES string of the molecule is C[C@H]1CN(C2COC2)CCN1c1cc(NC(=O)Cn2cc(-c3cc(C(N)=O)c(O)c(F)c3F)c3c(=O)n4c(nc32)CCC4)c(Cl)c(F)n1. The number of aromatic hydroxyl groups is 1. The fourth-order valence-corrected chi connectivity index (χ4v) is 6.76. The number of nitrogens with one attached hydrogen (secondary N) is 1. The minimum absolute atomic E-state index is 0.00283. The van der Waals surface area contributed by atoms with E-state index in [-0.39, 0.29) is 28.3 Å². The molecule has 0 spiro atoms. The van der Waals surface area contributed by atoms with Gasteiger partial charge in [0.2, 0.25) is 17.7 Å². The summed E-state index contributed by atoms with van der Waals surface area (Å²) in [5, 5.41) is 12.0. The fourth-order valence-electron chi connectivity index (χ4n) is 6.61. The molecule has 0 radical (unpaired) electrons. The number of anilines is 2. The van der Waals surface area contributed by atoms with Gasteiger partial charge in [0.15, 0.2) is 11.6 Å². The van der Waals surface area contributed by atoms with Gasteiger partial charge >= 0.3 is 0 Å². The number of hydrogen-bond acceptors (Lipinski definition) is 9. The molecule has 0 saturated carbocycles. The van der Waals surface area contributed by atoms with E-state index in [1.54, 1.807) is 0 Å². The van der Waals surface area contributed by atoms with Gasteiger partial charge in [-0.3, -0.25) is 23.9 Å². The molecule has 1 atom stereocenters. The van der Waals surface area contributed by atoms with Crippen molar-refractivity contribution in [2.75, 3.05) is 43.1 Å². The van der Waals surface area contributed by atoms with Crippen LogP contribution in [-0.4, -0.2) is 85.9 Å². The number of rotatable bonds is 7. The van der Waals surface area contributed by atoms with Crippen molar-refractivity contribution in [3.63, 3.8) is 0 Å². The number of hydrogen-bond donors (Lipinski definition) is 3. The van der Waals surface area contributed by atoms with Crippen LogP contribution in [0.3, 0.4) is 0 Å². The summed E-state index contributed by atoms with van der Waals surface area (Å²) in [4.78, 5) is 51.9. The molecule has 3 aliphatic heterocycles. The Hall–Kier alpha value is -4.67. The first-order chi connectivity index (χ1) is 22.9. The average molecular weight is 687 g/mol. The number of nitrogens with two attached hydrogens (primary N) is 1. The van der Waals surface area contributed by atoms with Crippen molar-refractivity contribution in [1.82, 2.24) is 24.0 Å². The normalized spacial score (nSPS) is 18.3. The Labute approximate surface area is 275 Å². The maximum Gasteiger partial charge on any atom is 0.263 e. The van der Waals surface area contributed by atoms with Crippen molar-refractivity contribution in [2.24, 2.45) is 5.73 Å². The molecular formula is C31H30ClF3N8O5. The third-order valence-corrected chi connectivity index (χ3v) is 9.52. The zero-order valence-corrected chi connectivity index (χ0v) is 26.4. The highest BCUT2D eigenvalue weighted by Gasteiger charge is 2.33. The molecule has 4 N–H and O–H groups in total. The zero-order valence-electron chi connectivity index (χ0n) is 25.6. The quantitative estimate of drug-likeness (QED) is 0.248. The number of carbonyl (C=O) groups is 2. The lowest BCUT2D eigenvalue weighted by molar-refractivity contribution is -0.116. The Balaban J connectivity index is 1.23. The van der Waals surface area contributed by atoms with Crippen LogP contribution in [0, 0.1) is 17.6 Å². The summed E-state index contributed by atoms with van der Waals surface area (Å²) in [6.07, 6.45) is 2.32. The molecule has 3 aromatic heterocycles. The van der Waals surface area contributed by atoms with Gasteiger partial charge < -0.3 is 30.4 Å². The monoisotopic (exact) mass is 686 g/mol. The van der Waals surface area contributed by atoms with Crippen LogP contribution in [0.4, 0.5) is 24.7 Å². The van der Waals surface area contributed by atoms with Crippen molar-refractivity contribution >= 4 is 46.0 Å². The van der Waals surface area contributed by atoms with Crippen molar-refractivity contribution in [3.8, 4) is 16.9 Å². The molecule has 17 heteroatoms. The number of piperazine rings is 1. The minimum atomic E-state index is -1.73. The van der Waals surface area contributed by atoms with Crippen molar-refractivity contribution in [3.05, 3.63) is 62.7 Å².